The van der Waals surface area contributed by atoms with Gasteiger partial charge in [-0.05, 0) is 19.1 Å². The zero-order valence-corrected chi connectivity index (χ0v) is 12.9. The predicted octanol–water partition coefficient (Wildman–Crippen LogP) is 1.71. The van der Waals surface area contributed by atoms with Crippen molar-refractivity contribution in [1.82, 2.24) is 15.0 Å². The Labute approximate surface area is 129 Å². The van der Waals surface area contributed by atoms with E-state index in [1.807, 2.05) is 6.07 Å². The Kier molecular flexibility index (Phi) is 4.93. The summed E-state index contributed by atoms with van der Waals surface area (Å²) in [6.45, 7) is 2.16. The van der Waals surface area contributed by atoms with E-state index in [0.717, 1.165) is 0 Å². The third kappa shape index (κ3) is 3.94. The van der Waals surface area contributed by atoms with Gasteiger partial charge in [0.2, 0.25) is 5.91 Å². The molecule has 1 aromatic carbocycles. The molecule has 2 rings (SSSR count). The number of aromatic nitrogens is 1. The van der Waals surface area contributed by atoms with Crippen LogP contribution in [0.2, 0.25) is 0 Å². The van der Waals surface area contributed by atoms with E-state index in [1.165, 1.54) is 9.80 Å². The van der Waals surface area contributed by atoms with Crippen LogP contribution in [0.5, 0.6) is 0 Å². The van der Waals surface area contributed by atoms with Gasteiger partial charge in [0, 0.05) is 25.7 Å². The Morgan fingerprint density at radius 2 is 1.82 bits per heavy atom. The Bertz CT molecular complexity index is 652. The van der Waals surface area contributed by atoms with E-state index in [0.29, 0.717) is 23.6 Å². The molecule has 0 bridgehead atoms. The topological polar surface area (TPSA) is 66.7 Å². The van der Waals surface area contributed by atoms with Crippen molar-refractivity contribution in [2.24, 2.45) is 0 Å². The Hall–Kier alpha value is -2.63. The molecular weight excluding hydrogens is 282 g/mol. The lowest BCUT2D eigenvalue weighted by Gasteiger charge is -2.21. The number of hydrogen-bond acceptors (Lipinski definition) is 4. The molecule has 22 heavy (non-hydrogen) atoms. The van der Waals surface area contributed by atoms with E-state index in [9.17, 15) is 9.59 Å². The molecule has 0 unspecified atom stereocenters. The summed E-state index contributed by atoms with van der Waals surface area (Å²) >= 11 is 0. The summed E-state index contributed by atoms with van der Waals surface area (Å²) in [4.78, 5) is 27.3. The van der Waals surface area contributed by atoms with Crippen LogP contribution in [0, 0.1) is 6.92 Å². The smallest absolute Gasteiger partial charge is 0.254 e. The molecule has 2 aromatic rings. The first-order chi connectivity index (χ1) is 10.5. The summed E-state index contributed by atoms with van der Waals surface area (Å²) < 4.78 is 4.97. The normalized spacial score (nSPS) is 10.3. The zero-order chi connectivity index (χ0) is 16.1. The van der Waals surface area contributed by atoms with E-state index in [-0.39, 0.29) is 18.4 Å². The first-order valence-corrected chi connectivity index (χ1v) is 6.94. The number of hydrogen-bond donors (Lipinski definition) is 0. The number of amides is 2. The minimum absolute atomic E-state index is 0.0149. The molecule has 116 valence electrons. The molecule has 0 saturated carbocycles. The van der Waals surface area contributed by atoms with Gasteiger partial charge in [-0.2, -0.15) is 0 Å². The number of nitrogens with zero attached hydrogens (tertiary/aromatic N) is 3. The summed E-state index contributed by atoms with van der Waals surface area (Å²) in [5.41, 5.74) is 1.25. The van der Waals surface area contributed by atoms with Gasteiger partial charge >= 0.3 is 0 Å². The average molecular weight is 301 g/mol. The van der Waals surface area contributed by atoms with E-state index < -0.39 is 0 Å². The molecule has 0 N–H and O–H groups in total. The van der Waals surface area contributed by atoms with Crippen molar-refractivity contribution >= 4 is 11.8 Å². The molecule has 1 aromatic heterocycles. The highest BCUT2D eigenvalue weighted by Crippen LogP contribution is 2.06. The molecule has 0 saturated heterocycles. The molecule has 0 aliphatic heterocycles. The Morgan fingerprint density at radius 3 is 2.41 bits per heavy atom. The number of likely N-dealkylation sites (N-methyl/N-ethyl adjacent to an activating group) is 2. The van der Waals surface area contributed by atoms with Crippen LogP contribution in [0.1, 0.15) is 21.8 Å². The van der Waals surface area contributed by atoms with Crippen molar-refractivity contribution in [2.75, 3.05) is 20.6 Å². The van der Waals surface area contributed by atoms with Gasteiger partial charge in [-0.1, -0.05) is 23.4 Å². The molecule has 6 heteroatoms. The van der Waals surface area contributed by atoms with E-state index in [2.05, 4.69) is 5.16 Å². The summed E-state index contributed by atoms with van der Waals surface area (Å²) in [7, 11) is 3.29. The fourth-order valence-electron chi connectivity index (χ4n) is 2.02. The molecule has 0 atom stereocenters. The van der Waals surface area contributed by atoms with Crippen LogP contribution in [0.15, 0.2) is 40.9 Å². The number of benzene rings is 1. The van der Waals surface area contributed by atoms with Gasteiger partial charge in [-0.15, -0.1) is 0 Å². The molecule has 0 aliphatic carbocycles. The van der Waals surface area contributed by atoms with Gasteiger partial charge in [0.1, 0.15) is 11.5 Å². The lowest BCUT2D eigenvalue weighted by molar-refractivity contribution is -0.130. The van der Waals surface area contributed by atoms with Crippen LogP contribution >= 0.6 is 0 Å². The summed E-state index contributed by atoms with van der Waals surface area (Å²) in [5.74, 6) is 0.360. The molecule has 0 fully saturated rings. The van der Waals surface area contributed by atoms with Crippen LogP contribution in [0.25, 0.3) is 0 Å². The van der Waals surface area contributed by atoms with E-state index in [4.69, 9.17) is 4.52 Å². The lowest BCUT2D eigenvalue weighted by atomic mass is 10.2. The fourth-order valence-corrected chi connectivity index (χ4v) is 2.02. The highest BCUT2D eigenvalue weighted by molar-refractivity contribution is 5.96. The van der Waals surface area contributed by atoms with Crippen LogP contribution in [0.4, 0.5) is 0 Å². The largest absolute Gasteiger partial charge is 0.361 e. The summed E-state index contributed by atoms with van der Waals surface area (Å²) in [5, 5.41) is 3.85. The number of carbonyl (C=O) groups is 2. The predicted molar refractivity (Wildman–Crippen MR) is 81.1 cm³/mol. The van der Waals surface area contributed by atoms with Gasteiger partial charge in [0.15, 0.2) is 0 Å². The van der Waals surface area contributed by atoms with Crippen molar-refractivity contribution in [3.8, 4) is 0 Å². The number of aryl methyl sites for hydroxylation is 1. The lowest BCUT2D eigenvalue weighted by Crippen LogP contribution is -2.39. The summed E-state index contributed by atoms with van der Waals surface area (Å²) in [6.07, 6.45) is 0. The van der Waals surface area contributed by atoms with Crippen molar-refractivity contribution in [3.63, 3.8) is 0 Å². The maximum absolute atomic E-state index is 12.2. The minimum Gasteiger partial charge on any atom is -0.361 e. The maximum Gasteiger partial charge on any atom is 0.254 e. The third-order valence-corrected chi connectivity index (χ3v) is 3.24. The van der Waals surface area contributed by atoms with Crippen LogP contribution in [0.3, 0.4) is 0 Å². The first kappa shape index (κ1) is 15.8. The van der Waals surface area contributed by atoms with Crippen molar-refractivity contribution < 1.29 is 14.1 Å². The number of carbonyl (C=O) groups excluding carboxylic acids is 2. The quantitative estimate of drug-likeness (QED) is 0.843. The second-order valence-electron chi connectivity index (χ2n) is 5.21. The van der Waals surface area contributed by atoms with E-state index in [1.54, 1.807) is 51.4 Å². The van der Waals surface area contributed by atoms with Crippen LogP contribution in [-0.2, 0) is 11.3 Å². The third-order valence-electron chi connectivity index (χ3n) is 3.24. The molecule has 2 amide bonds. The van der Waals surface area contributed by atoms with Gasteiger partial charge in [0.25, 0.3) is 5.91 Å². The van der Waals surface area contributed by atoms with Gasteiger partial charge in [0.05, 0.1) is 13.1 Å². The SMILES string of the molecule is Cc1cc(CN(C)C(=O)CN(C)C(=O)c2ccccc2)no1. The average Bonchev–Trinajstić information content (AvgIpc) is 2.92. The second-order valence-corrected chi connectivity index (χ2v) is 5.21. The molecule has 0 spiro atoms. The fraction of sp³-hybridized carbons (Fsp3) is 0.312. The maximum atomic E-state index is 12.2. The minimum atomic E-state index is -0.181. The second kappa shape index (κ2) is 6.89. The van der Waals surface area contributed by atoms with Crippen molar-refractivity contribution in [2.45, 2.75) is 13.5 Å². The molecule has 1 heterocycles. The molecule has 0 aliphatic rings. The van der Waals surface area contributed by atoms with Crippen LogP contribution in [-0.4, -0.2) is 47.4 Å². The highest BCUT2D eigenvalue weighted by atomic mass is 16.5. The van der Waals surface area contributed by atoms with Gasteiger partial charge in [-0.25, -0.2) is 0 Å². The standard InChI is InChI=1S/C16H19N3O3/c1-12-9-14(17-22-12)10-18(2)15(20)11-19(3)16(21)13-7-5-4-6-8-13/h4-9H,10-11H2,1-3H3. The van der Waals surface area contributed by atoms with E-state index >= 15 is 0 Å². The number of rotatable bonds is 5. The molecule has 0 radical (unpaired) electrons. The van der Waals surface area contributed by atoms with Crippen molar-refractivity contribution in [3.05, 3.63) is 53.4 Å². The first-order valence-electron chi connectivity index (χ1n) is 6.94. The summed E-state index contributed by atoms with van der Waals surface area (Å²) in [6, 6.07) is 10.7. The van der Waals surface area contributed by atoms with Crippen LogP contribution < -0.4 is 0 Å². The highest BCUT2D eigenvalue weighted by Gasteiger charge is 2.18. The van der Waals surface area contributed by atoms with Gasteiger partial charge in [-0.3, -0.25) is 9.59 Å². The Balaban J connectivity index is 1.91. The zero-order valence-electron chi connectivity index (χ0n) is 12.9. The molecular formula is C16H19N3O3. The van der Waals surface area contributed by atoms with Crippen molar-refractivity contribution in [1.29, 1.82) is 0 Å². The van der Waals surface area contributed by atoms with Gasteiger partial charge < -0.3 is 14.3 Å². The monoisotopic (exact) mass is 301 g/mol. The molecule has 6 nitrogen and oxygen atoms in total. The Morgan fingerprint density at radius 1 is 1.14 bits per heavy atom.